The Morgan fingerprint density at radius 2 is 1.48 bits per heavy atom. The van der Waals surface area contributed by atoms with Gasteiger partial charge in [0.25, 0.3) is 10.0 Å². The van der Waals surface area contributed by atoms with Crippen molar-refractivity contribution < 1.29 is 37.0 Å². The highest BCUT2D eigenvalue weighted by molar-refractivity contribution is 7.92. The van der Waals surface area contributed by atoms with Gasteiger partial charge >= 0.3 is 11.9 Å². The molecule has 0 amide bonds. The van der Waals surface area contributed by atoms with Crippen molar-refractivity contribution in [2.75, 3.05) is 33.2 Å². The summed E-state index contributed by atoms with van der Waals surface area (Å²) in [6, 6.07) is 6.17. The first kappa shape index (κ1) is 22.3. The van der Waals surface area contributed by atoms with Crippen LogP contribution in [-0.4, -0.2) is 48.8 Å². The van der Waals surface area contributed by atoms with Crippen molar-refractivity contribution in [2.45, 2.75) is 4.90 Å². The average Bonchev–Trinajstić information content (AvgIpc) is 2.72. The molecule has 0 aliphatic rings. The molecule has 0 aliphatic heterocycles. The second-order valence-corrected chi connectivity index (χ2v) is 7.54. The van der Waals surface area contributed by atoms with Gasteiger partial charge in [-0.2, -0.15) is 0 Å². The van der Waals surface area contributed by atoms with Crippen molar-refractivity contribution in [3.63, 3.8) is 0 Å². The molecule has 0 aromatic heterocycles. The Morgan fingerprint density at radius 3 is 2.03 bits per heavy atom. The summed E-state index contributed by atoms with van der Waals surface area (Å²) in [6.45, 7) is 0. The van der Waals surface area contributed by atoms with Crippen LogP contribution in [0.4, 0.5) is 5.69 Å². The van der Waals surface area contributed by atoms with E-state index in [1.807, 2.05) is 0 Å². The zero-order valence-corrected chi connectivity index (χ0v) is 17.5. The van der Waals surface area contributed by atoms with Crippen LogP contribution in [0.5, 0.6) is 11.5 Å². The number of benzene rings is 2. The number of halogens is 1. The fourth-order valence-corrected chi connectivity index (χ4v) is 3.99. The number of hydrogen-bond acceptors (Lipinski definition) is 8. The first-order valence-corrected chi connectivity index (χ1v) is 9.79. The van der Waals surface area contributed by atoms with Crippen LogP contribution in [0.2, 0.25) is 5.02 Å². The van der Waals surface area contributed by atoms with Crippen molar-refractivity contribution in [3.8, 4) is 11.5 Å². The lowest BCUT2D eigenvalue weighted by molar-refractivity contribution is 0.0592. The minimum absolute atomic E-state index is 0.0159. The molecule has 29 heavy (non-hydrogen) atoms. The molecule has 0 fully saturated rings. The van der Waals surface area contributed by atoms with Crippen LogP contribution < -0.4 is 14.2 Å². The molecule has 0 atom stereocenters. The van der Waals surface area contributed by atoms with E-state index >= 15 is 0 Å². The maximum atomic E-state index is 12.9. The Morgan fingerprint density at radius 1 is 0.897 bits per heavy atom. The maximum absolute atomic E-state index is 12.9. The van der Waals surface area contributed by atoms with Gasteiger partial charge in [0.05, 0.1) is 50.3 Å². The van der Waals surface area contributed by atoms with Crippen LogP contribution in [0.25, 0.3) is 0 Å². The first-order chi connectivity index (χ1) is 13.7. The molecule has 0 saturated heterocycles. The number of rotatable bonds is 7. The Hall–Kier alpha value is -2.98. The van der Waals surface area contributed by atoms with Crippen molar-refractivity contribution in [1.29, 1.82) is 0 Å². The molecule has 0 radical (unpaired) electrons. The average molecular weight is 444 g/mol. The molecule has 0 heterocycles. The number of hydrogen-bond donors (Lipinski definition) is 1. The third kappa shape index (κ3) is 4.72. The number of sulfonamides is 1. The van der Waals surface area contributed by atoms with Gasteiger partial charge in [0.1, 0.15) is 4.90 Å². The molecule has 2 rings (SSSR count). The van der Waals surface area contributed by atoms with Crippen LogP contribution >= 0.6 is 11.6 Å². The summed E-state index contributed by atoms with van der Waals surface area (Å²) in [5, 5.41) is -0.134. The van der Waals surface area contributed by atoms with Crippen molar-refractivity contribution >= 4 is 39.3 Å². The predicted molar refractivity (Wildman–Crippen MR) is 104 cm³/mol. The molecular formula is C18H18ClNO8S. The van der Waals surface area contributed by atoms with Gasteiger partial charge < -0.3 is 18.9 Å². The number of carbonyl (C=O) groups is 2. The number of methoxy groups -OCH3 is 4. The van der Waals surface area contributed by atoms with Crippen LogP contribution in [-0.2, 0) is 19.5 Å². The third-order valence-corrected chi connectivity index (χ3v) is 5.66. The second kappa shape index (κ2) is 9.01. The lowest BCUT2D eigenvalue weighted by Gasteiger charge is -2.16. The van der Waals surface area contributed by atoms with Gasteiger partial charge in [0.2, 0.25) is 0 Å². The predicted octanol–water partition coefficient (Wildman–Crippen LogP) is 2.73. The maximum Gasteiger partial charge on any atom is 0.340 e. The molecule has 156 valence electrons. The second-order valence-electron chi connectivity index (χ2n) is 5.49. The highest BCUT2D eigenvalue weighted by atomic mass is 35.5. The van der Waals surface area contributed by atoms with E-state index in [2.05, 4.69) is 9.46 Å². The minimum Gasteiger partial charge on any atom is -0.493 e. The molecule has 0 bridgehead atoms. The van der Waals surface area contributed by atoms with E-state index in [9.17, 15) is 18.0 Å². The molecule has 0 aliphatic carbocycles. The Labute approximate surface area is 172 Å². The Kier molecular flexibility index (Phi) is 6.93. The zero-order valence-electron chi connectivity index (χ0n) is 15.9. The normalized spacial score (nSPS) is 10.8. The van der Waals surface area contributed by atoms with Crippen LogP contribution in [0.3, 0.4) is 0 Å². The van der Waals surface area contributed by atoms with E-state index in [1.165, 1.54) is 38.5 Å². The van der Waals surface area contributed by atoms with Crippen molar-refractivity contribution in [3.05, 3.63) is 46.5 Å². The number of nitrogens with one attached hydrogen (secondary N) is 1. The fraction of sp³-hybridized carbons (Fsp3) is 0.222. The van der Waals surface area contributed by atoms with Gasteiger partial charge in [0.15, 0.2) is 11.5 Å². The summed E-state index contributed by atoms with van der Waals surface area (Å²) in [5.41, 5.74) is -0.263. The molecule has 2 aromatic carbocycles. The highest BCUT2D eigenvalue weighted by Gasteiger charge is 2.25. The third-order valence-electron chi connectivity index (χ3n) is 3.82. The van der Waals surface area contributed by atoms with Crippen molar-refractivity contribution in [2.24, 2.45) is 0 Å². The van der Waals surface area contributed by atoms with E-state index in [0.29, 0.717) is 0 Å². The number of ether oxygens (including phenoxy) is 4. The molecule has 0 spiro atoms. The summed E-state index contributed by atoms with van der Waals surface area (Å²) in [5.74, 6) is -1.17. The van der Waals surface area contributed by atoms with E-state index in [1.54, 1.807) is 0 Å². The fourth-order valence-electron chi connectivity index (χ4n) is 2.40. The summed E-state index contributed by atoms with van der Waals surface area (Å²) in [4.78, 5) is 23.5. The smallest absolute Gasteiger partial charge is 0.340 e. The number of esters is 2. The Bertz CT molecular complexity index is 1050. The first-order valence-electron chi connectivity index (χ1n) is 7.93. The van der Waals surface area contributed by atoms with Crippen LogP contribution in [0.15, 0.2) is 35.2 Å². The summed E-state index contributed by atoms with van der Waals surface area (Å²) >= 11 is 6.02. The van der Waals surface area contributed by atoms with E-state index in [4.69, 9.17) is 25.8 Å². The summed E-state index contributed by atoms with van der Waals surface area (Å²) < 4.78 is 47.7. The van der Waals surface area contributed by atoms with E-state index < -0.39 is 22.0 Å². The highest BCUT2D eigenvalue weighted by Crippen LogP contribution is 2.35. The monoisotopic (exact) mass is 443 g/mol. The van der Waals surface area contributed by atoms with E-state index in [0.717, 1.165) is 20.3 Å². The van der Waals surface area contributed by atoms with Gasteiger partial charge in [-0.1, -0.05) is 11.6 Å². The SMILES string of the molecule is COC(=O)c1ccc(Cl)c(S(=O)(=O)Nc2cc(OC)c(OC)cc2C(=O)OC)c1. The lowest BCUT2D eigenvalue weighted by atomic mass is 10.1. The quantitative estimate of drug-likeness (QED) is 0.649. The number of anilines is 1. The minimum atomic E-state index is -4.31. The van der Waals surface area contributed by atoms with Crippen LogP contribution in [0, 0.1) is 0 Å². The molecule has 2 aromatic rings. The standard InChI is InChI=1S/C18H18ClNO8S/c1-25-14-8-11(18(22)28-4)13(9-15(14)26-2)20-29(23,24)16-7-10(17(21)27-3)5-6-12(16)19/h5-9,20H,1-4H3. The van der Waals surface area contributed by atoms with E-state index in [-0.39, 0.29) is 38.2 Å². The van der Waals surface area contributed by atoms with Crippen molar-refractivity contribution in [1.82, 2.24) is 0 Å². The molecule has 0 saturated carbocycles. The number of carbonyl (C=O) groups excluding carboxylic acids is 2. The molecular weight excluding hydrogens is 426 g/mol. The molecule has 9 nitrogen and oxygen atoms in total. The molecule has 0 unspecified atom stereocenters. The summed E-state index contributed by atoms with van der Waals surface area (Å²) in [7, 11) is 0.712. The summed E-state index contributed by atoms with van der Waals surface area (Å²) in [6.07, 6.45) is 0. The molecule has 11 heteroatoms. The lowest BCUT2D eigenvalue weighted by Crippen LogP contribution is -2.17. The van der Waals surface area contributed by atoms with Gasteiger partial charge in [0, 0.05) is 12.1 Å². The zero-order chi connectivity index (χ0) is 21.8. The van der Waals surface area contributed by atoms with Gasteiger partial charge in [-0.15, -0.1) is 0 Å². The topological polar surface area (TPSA) is 117 Å². The Balaban J connectivity index is 2.60. The van der Waals surface area contributed by atoms with Gasteiger partial charge in [-0.3, -0.25) is 4.72 Å². The largest absolute Gasteiger partial charge is 0.493 e. The van der Waals surface area contributed by atoms with Gasteiger partial charge in [-0.25, -0.2) is 18.0 Å². The molecule has 1 N–H and O–H groups in total. The van der Waals surface area contributed by atoms with Crippen LogP contribution in [0.1, 0.15) is 20.7 Å². The van der Waals surface area contributed by atoms with Gasteiger partial charge in [-0.05, 0) is 18.2 Å².